The number of hydrogen-bond acceptors (Lipinski definition) is 3. The van der Waals surface area contributed by atoms with E-state index in [0.29, 0.717) is 24.3 Å². The number of carbonyl (C=O) groups excluding carboxylic acids is 1. The average Bonchev–Trinajstić information content (AvgIpc) is 2.34. The van der Waals surface area contributed by atoms with Crippen LogP contribution in [0.4, 0.5) is 11.4 Å². The van der Waals surface area contributed by atoms with E-state index in [1.807, 2.05) is 32.0 Å². The number of nitrogens with zero attached hydrogens (tertiary/aromatic N) is 2. The van der Waals surface area contributed by atoms with Crippen LogP contribution in [0.2, 0.25) is 0 Å². The lowest BCUT2D eigenvalue weighted by atomic mass is 10.1. The largest absolute Gasteiger partial charge is 0.399 e. The first-order chi connectivity index (χ1) is 8.51. The highest BCUT2D eigenvalue weighted by molar-refractivity contribution is 6.00. The zero-order valence-electron chi connectivity index (χ0n) is 11.3. The van der Waals surface area contributed by atoms with Gasteiger partial charge in [0.1, 0.15) is 0 Å². The number of amides is 1. The van der Waals surface area contributed by atoms with E-state index < -0.39 is 0 Å². The predicted molar refractivity (Wildman–Crippen MR) is 77.0 cm³/mol. The average molecular weight is 247 g/mol. The van der Waals surface area contributed by atoms with Crippen molar-refractivity contribution >= 4 is 17.3 Å². The van der Waals surface area contributed by atoms with Gasteiger partial charge in [-0.3, -0.25) is 4.79 Å². The van der Waals surface area contributed by atoms with E-state index in [-0.39, 0.29) is 5.91 Å². The zero-order valence-corrected chi connectivity index (χ0v) is 11.3. The Hall–Kier alpha value is -1.97. The Morgan fingerprint density at radius 3 is 2.61 bits per heavy atom. The maximum absolute atomic E-state index is 12.4. The van der Waals surface area contributed by atoms with Crippen molar-refractivity contribution in [2.45, 2.75) is 6.92 Å². The second-order valence-electron chi connectivity index (χ2n) is 4.30. The molecule has 1 aromatic carbocycles. The number of anilines is 2. The Balaban J connectivity index is 3.17. The molecule has 0 atom stereocenters. The van der Waals surface area contributed by atoms with Gasteiger partial charge in [0.2, 0.25) is 0 Å². The van der Waals surface area contributed by atoms with E-state index in [1.54, 1.807) is 23.1 Å². The molecule has 0 fully saturated rings. The fourth-order valence-electron chi connectivity index (χ4n) is 1.80. The van der Waals surface area contributed by atoms with Crippen molar-refractivity contribution in [3.8, 4) is 0 Å². The summed E-state index contributed by atoms with van der Waals surface area (Å²) in [5, 5.41) is 0. The van der Waals surface area contributed by atoms with Crippen molar-refractivity contribution in [2.75, 3.05) is 37.8 Å². The van der Waals surface area contributed by atoms with Crippen LogP contribution in [0.25, 0.3) is 0 Å². The van der Waals surface area contributed by atoms with Crippen molar-refractivity contribution in [3.63, 3.8) is 0 Å². The maximum Gasteiger partial charge on any atom is 0.256 e. The molecule has 0 aliphatic heterocycles. The van der Waals surface area contributed by atoms with Gasteiger partial charge in [0.15, 0.2) is 0 Å². The van der Waals surface area contributed by atoms with Crippen LogP contribution >= 0.6 is 0 Å². The Kier molecular flexibility index (Phi) is 4.77. The van der Waals surface area contributed by atoms with Gasteiger partial charge in [-0.25, -0.2) is 0 Å². The molecule has 0 aliphatic carbocycles. The topological polar surface area (TPSA) is 49.6 Å². The van der Waals surface area contributed by atoms with Crippen molar-refractivity contribution < 1.29 is 4.79 Å². The minimum absolute atomic E-state index is 0.0200. The molecule has 1 amide bonds. The highest BCUT2D eigenvalue weighted by Crippen LogP contribution is 2.23. The molecule has 0 aromatic heterocycles. The lowest BCUT2D eigenvalue weighted by Gasteiger charge is -2.23. The van der Waals surface area contributed by atoms with Gasteiger partial charge in [-0.1, -0.05) is 6.08 Å². The van der Waals surface area contributed by atoms with E-state index >= 15 is 0 Å². The van der Waals surface area contributed by atoms with Crippen molar-refractivity contribution in [2.24, 2.45) is 0 Å². The molecule has 1 aromatic rings. The van der Waals surface area contributed by atoms with Gasteiger partial charge in [-0.2, -0.15) is 0 Å². The van der Waals surface area contributed by atoms with E-state index in [2.05, 4.69) is 6.58 Å². The predicted octanol–water partition coefficient (Wildman–Crippen LogP) is 1.98. The van der Waals surface area contributed by atoms with E-state index in [4.69, 9.17) is 5.73 Å². The molecule has 1 rings (SSSR count). The summed E-state index contributed by atoms with van der Waals surface area (Å²) in [6, 6.07) is 5.39. The molecule has 0 bridgehead atoms. The van der Waals surface area contributed by atoms with Gasteiger partial charge in [0, 0.05) is 38.6 Å². The van der Waals surface area contributed by atoms with Gasteiger partial charge in [0.05, 0.1) is 5.56 Å². The van der Waals surface area contributed by atoms with E-state index in [9.17, 15) is 4.79 Å². The SMILES string of the molecule is C=CCN(CC)C(=O)c1cc(N)ccc1N(C)C. The van der Waals surface area contributed by atoms with Crippen molar-refractivity contribution in [1.29, 1.82) is 0 Å². The number of nitrogens with two attached hydrogens (primary N) is 1. The van der Waals surface area contributed by atoms with Crippen LogP contribution in [-0.4, -0.2) is 38.0 Å². The summed E-state index contributed by atoms with van der Waals surface area (Å²) in [5.41, 5.74) is 7.87. The van der Waals surface area contributed by atoms with Crippen molar-refractivity contribution in [3.05, 3.63) is 36.4 Å². The summed E-state index contributed by atoms with van der Waals surface area (Å²) in [6.45, 7) is 6.80. The fourth-order valence-corrected chi connectivity index (χ4v) is 1.80. The first-order valence-electron chi connectivity index (χ1n) is 5.98. The molecule has 18 heavy (non-hydrogen) atoms. The van der Waals surface area contributed by atoms with E-state index in [0.717, 1.165) is 5.69 Å². The Morgan fingerprint density at radius 1 is 1.44 bits per heavy atom. The minimum atomic E-state index is -0.0200. The molecular formula is C14H21N3O. The van der Waals surface area contributed by atoms with Crippen LogP contribution in [0.15, 0.2) is 30.9 Å². The van der Waals surface area contributed by atoms with Crippen molar-refractivity contribution in [1.82, 2.24) is 4.90 Å². The molecule has 2 N–H and O–H groups in total. The summed E-state index contributed by atoms with van der Waals surface area (Å²) in [4.78, 5) is 16.1. The standard InChI is InChI=1S/C14H21N3O/c1-5-9-17(6-2)14(18)12-10-11(15)7-8-13(12)16(3)4/h5,7-8,10H,1,6,9,15H2,2-4H3. The molecule has 4 heteroatoms. The van der Waals surface area contributed by atoms with Gasteiger partial charge in [-0.05, 0) is 25.1 Å². The van der Waals surface area contributed by atoms with Gasteiger partial charge in [0.25, 0.3) is 5.91 Å². The molecule has 0 heterocycles. The molecule has 0 saturated carbocycles. The third-order valence-electron chi connectivity index (χ3n) is 2.75. The summed E-state index contributed by atoms with van der Waals surface area (Å²) in [7, 11) is 3.82. The minimum Gasteiger partial charge on any atom is -0.399 e. The summed E-state index contributed by atoms with van der Waals surface area (Å²) in [5.74, 6) is -0.0200. The van der Waals surface area contributed by atoms with Crippen LogP contribution in [0.5, 0.6) is 0 Å². The van der Waals surface area contributed by atoms with Crippen LogP contribution in [0.3, 0.4) is 0 Å². The number of hydrogen-bond donors (Lipinski definition) is 1. The third kappa shape index (κ3) is 3.03. The highest BCUT2D eigenvalue weighted by atomic mass is 16.2. The number of rotatable bonds is 5. The molecule has 0 radical (unpaired) electrons. The quantitative estimate of drug-likeness (QED) is 0.639. The Labute approximate surface area is 109 Å². The van der Waals surface area contributed by atoms with Crippen LogP contribution in [-0.2, 0) is 0 Å². The lowest BCUT2D eigenvalue weighted by molar-refractivity contribution is 0.0783. The second kappa shape index (κ2) is 6.10. The lowest BCUT2D eigenvalue weighted by Crippen LogP contribution is -2.32. The number of nitrogen functional groups attached to an aromatic ring is 1. The summed E-state index contributed by atoms with van der Waals surface area (Å²) in [6.07, 6.45) is 1.73. The van der Waals surface area contributed by atoms with Gasteiger partial charge >= 0.3 is 0 Å². The van der Waals surface area contributed by atoms with Crippen LogP contribution in [0, 0.1) is 0 Å². The van der Waals surface area contributed by atoms with E-state index in [1.165, 1.54) is 0 Å². The van der Waals surface area contributed by atoms with Gasteiger partial charge < -0.3 is 15.5 Å². The second-order valence-corrected chi connectivity index (χ2v) is 4.30. The highest BCUT2D eigenvalue weighted by Gasteiger charge is 2.18. The Morgan fingerprint density at radius 2 is 2.11 bits per heavy atom. The molecule has 0 saturated heterocycles. The smallest absolute Gasteiger partial charge is 0.256 e. The van der Waals surface area contributed by atoms with Gasteiger partial charge in [-0.15, -0.1) is 6.58 Å². The monoisotopic (exact) mass is 247 g/mol. The first kappa shape index (κ1) is 14.1. The molecular weight excluding hydrogens is 226 g/mol. The molecule has 0 aliphatic rings. The maximum atomic E-state index is 12.4. The van der Waals surface area contributed by atoms with Crippen LogP contribution in [0.1, 0.15) is 17.3 Å². The molecule has 4 nitrogen and oxygen atoms in total. The molecule has 0 unspecified atom stereocenters. The summed E-state index contributed by atoms with van der Waals surface area (Å²) < 4.78 is 0. The molecule has 98 valence electrons. The Bertz CT molecular complexity index is 441. The number of carbonyl (C=O) groups is 1. The molecule has 0 spiro atoms. The van der Waals surface area contributed by atoms with Crippen LogP contribution < -0.4 is 10.6 Å². The summed E-state index contributed by atoms with van der Waals surface area (Å²) >= 11 is 0. The number of benzene rings is 1. The fraction of sp³-hybridized carbons (Fsp3) is 0.357. The number of likely N-dealkylation sites (N-methyl/N-ethyl adjacent to an activating group) is 1. The third-order valence-corrected chi connectivity index (χ3v) is 2.75. The first-order valence-corrected chi connectivity index (χ1v) is 5.98. The zero-order chi connectivity index (χ0) is 13.7. The normalized spacial score (nSPS) is 9.94.